The molecular weight excluding hydrogens is 1510 g/mol. The molecule has 0 rings (SSSR count). The maximum absolute atomic E-state index is 13.0. The quantitative estimate of drug-likeness (QED) is 0.0146. The van der Waals surface area contributed by atoms with Gasteiger partial charge in [-0.25, -0.2) is 9.13 Å². The molecular formula is C99H174O16P2. The number of carbonyl (C=O) groups excluding carboxylic acids is 3. The van der Waals surface area contributed by atoms with Gasteiger partial charge in [-0.2, -0.15) is 0 Å². The summed E-state index contributed by atoms with van der Waals surface area (Å²) in [5.41, 5.74) is 0. The molecule has 0 saturated heterocycles. The third-order valence-corrected chi connectivity index (χ3v) is 22.2. The van der Waals surface area contributed by atoms with Gasteiger partial charge < -0.3 is 34.2 Å². The number of hydrogen-bond acceptors (Lipinski definition) is 14. The summed E-state index contributed by atoms with van der Waals surface area (Å²) in [4.78, 5) is 58.9. The molecule has 676 valence electrons. The van der Waals surface area contributed by atoms with E-state index in [2.05, 4.69) is 154 Å². The first kappa shape index (κ1) is 113. The van der Waals surface area contributed by atoms with Crippen LogP contribution in [-0.4, -0.2) is 95.9 Å². The van der Waals surface area contributed by atoms with Gasteiger partial charge in [-0.15, -0.1) is 0 Å². The second-order valence-corrected chi connectivity index (χ2v) is 34.7. The molecule has 0 aromatic heterocycles. The molecule has 117 heavy (non-hydrogen) atoms. The normalized spacial score (nSPS) is 14.4. The number of carbonyl (C=O) groups is 3. The number of allylic oxidation sites excluding steroid dienone is 22. The Labute approximate surface area is 715 Å². The average molecular weight is 1680 g/mol. The molecule has 0 aliphatic carbocycles. The molecule has 0 fully saturated rings. The number of unbranched alkanes of at least 4 members (excludes halogenated alkanes) is 45. The molecule has 0 saturated carbocycles. The van der Waals surface area contributed by atoms with Crippen LogP contribution in [0.4, 0.5) is 0 Å². The van der Waals surface area contributed by atoms with Gasteiger partial charge in [-0.05, 0) is 135 Å². The fraction of sp³-hybridized carbons (Fsp3) is 0.747. The first-order valence-corrected chi connectivity index (χ1v) is 50.5. The number of rotatable bonds is 90. The van der Waals surface area contributed by atoms with E-state index >= 15 is 0 Å². The monoisotopic (exact) mass is 1680 g/mol. The van der Waals surface area contributed by atoms with Gasteiger partial charge in [0.25, 0.3) is 0 Å². The van der Waals surface area contributed by atoms with Crippen molar-refractivity contribution in [2.75, 3.05) is 39.6 Å². The van der Waals surface area contributed by atoms with Crippen molar-refractivity contribution < 1.29 is 75.8 Å². The van der Waals surface area contributed by atoms with Crippen LogP contribution in [0.3, 0.4) is 0 Å². The Morgan fingerprint density at radius 3 is 0.752 bits per heavy atom. The van der Waals surface area contributed by atoms with E-state index in [-0.39, 0.29) is 19.3 Å². The molecule has 5 atom stereocenters. The first-order chi connectivity index (χ1) is 57.2. The fourth-order valence-corrected chi connectivity index (χ4v) is 14.7. The summed E-state index contributed by atoms with van der Waals surface area (Å²) in [6, 6.07) is 0. The van der Waals surface area contributed by atoms with E-state index in [4.69, 9.17) is 32.3 Å². The van der Waals surface area contributed by atoms with Crippen molar-refractivity contribution in [3.05, 3.63) is 134 Å². The summed E-state index contributed by atoms with van der Waals surface area (Å²) in [5, 5.41) is 20.7. The Balaban J connectivity index is 4.35. The molecule has 0 aliphatic rings. The fourth-order valence-electron chi connectivity index (χ4n) is 13.2. The maximum Gasteiger partial charge on any atom is 0.472 e. The van der Waals surface area contributed by atoms with Crippen LogP contribution in [-0.2, 0) is 55.8 Å². The van der Waals surface area contributed by atoms with Crippen molar-refractivity contribution in [2.24, 2.45) is 0 Å². The number of ether oxygens (including phenoxy) is 3. The Hall–Kier alpha value is -4.31. The van der Waals surface area contributed by atoms with Crippen molar-refractivity contribution in [2.45, 2.75) is 437 Å². The van der Waals surface area contributed by atoms with Gasteiger partial charge in [0.05, 0.1) is 26.4 Å². The maximum atomic E-state index is 13.0. The van der Waals surface area contributed by atoms with Gasteiger partial charge in [0.2, 0.25) is 0 Å². The lowest BCUT2D eigenvalue weighted by Crippen LogP contribution is -2.30. The molecule has 0 aliphatic heterocycles. The molecule has 0 radical (unpaired) electrons. The second kappa shape index (κ2) is 90.9. The zero-order valence-corrected chi connectivity index (χ0v) is 76.4. The van der Waals surface area contributed by atoms with E-state index < -0.39 is 91.5 Å². The highest BCUT2D eigenvalue weighted by molar-refractivity contribution is 7.47. The third-order valence-electron chi connectivity index (χ3n) is 20.3. The standard InChI is InChI=1S/C99H174O16P2/c1-4-7-10-13-16-19-22-25-27-29-31-33-35-37-39-41-43-45-46-48-50-51-53-55-57-59-61-63-65-68-70-73-76-79-82-85-97(102)109-88-94(100)89-111-116(105,106)112-90-95(101)91-113-117(107,108)114-93-96(115-99(104)87-84-81-78-75-72-67-24-21-18-15-12-9-6-3)92-110-98(103)86-83-80-77-74-71-69-66-64-62-60-58-56-54-52-49-47-44-42-40-38-36-34-32-30-28-26-23-20-17-14-11-8-5-2/h7,10,12,15-17,19-21,24-28,31-34,37-40,94-96,100-101H,4-6,8-9,11,13-14,18,22-23,29-30,35-36,41-93H2,1-3H3,(H,105,106)(H,107,108)/b10-7-,15-12-,19-16-,20-17-,24-21-,27-25-,28-26-,33-31-,34-32-,39-37-,40-38-. The second-order valence-electron chi connectivity index (χ2n) is 31.8. The van der Waals surface area contributed by atoms with E-state index in [0.717, 1.165) is 141 Å². The minimum atomic E-state index is -4.94. The van der Waals surface area contributed by atoms with Crippen molar-refractivity contribution >= 4 is 33.6 Å². The predicted octanol–water partition coefficient (Wildman–Crippen LogP) is 29.3. The van der Waals surface area contributed by atoms with Gasteiger partial charge in [0, 0.05) is 19.3 Å². The Morgan fingerprint density at radius 2 is 0.470 bits per heavy atom. The predicted molar refractivity (Wildman–Crippen MR) is 491 cm³/mol. The summed E-state index contributed by atoms with van der Waals surface area (Å²) in [7, 11) is -9.80. The molecule has 0 bridgehead atoms. The summed E-state index contributed by atoms with van der Waals surface area (Å²) in [6.07, 6.45) is 114. The van der Waals surface area contributed by atoms with Crippen LogP contribution in [0, 0.1) is 0 Å². The van der Waals surface area contributed by atoms with Crippen molar-refractivity contribution in [3.8, 4) is 0 Å². The molecule has 0 aromatic rings. The van der Waals surface area contributed by atoms with Crippen molar-refractivity contribution in [3.63, 3.8) is 0 Å². The number of aliphatic hydroxyl groups excluding tert-OH is 2. The summed E-state index contributed by atoms with van der Waals surface area (Å²) in [5.74, 6) is -1.57. The molecule has 5 unspecified atom stereocenters. The largest absolute Gasteiger partial charge is 0.472 e. The Bertz CT molecular complexity index is 2660. The summed E-state index contributed by atoms with van der Waals surface area (Å²) >= 11 is 0. The van der Waals surface area contributed by atoms with Crippen molar-refractivity contribution in [1.29, 1.82) is 0 Å². The smallest absolute Gasteiger partial charge is 0.463 e. The minimum Gasteiger partial charge on any atom is -0.463 e. The van der Waals surface area contributed by atoms with Gasteiger partial charge in [0.15, 0.2) is 6.10 Å². The lowest BCUT2D eigenvalue weighted by molar-refractivity contribution is -0.161. The summed E-state index contributed by atoms with van der Waals surface area (Å²) < 4.78 is 61.4. The number of phosphoric acid groups is 2. The van der Waals surface area contributed by atoms with Gasteiger partial charge in [-0.3, -0.25) is 32.5 Å². The lowest BCUT2D eigenvalue weighted by Gasteiger charge is -2.21. The van der Waals surface area contributed by atoms with E-state index in [0.29, 0.717) is 19.3 Å². The topological polar surface area (TPSA) is 231 Å². The van der Waals surface area contributed by atoms with E-state index in [1.807, 2.05) is 0 Å². The Morgan fingerprint density at radius 1 is 0.248 bits per heavy atom. The van der Waals surface area contributed by atoms with E-state index in [1.165, 1.54) is 218 Å². The molecule has 0 spiro atoms. The lowest BCUT2D eigenvalue weighted by atomic mass is 10.0. The zero-order valence-electron chi connectivity index (χ0n) is 74.6. The molecule has 16 nitrogen and oxygen atoms in total. The van der Waals surface area contributed by atoms with Crippen LogP contribution in [0.25, 0.3) is 0 Å². The van der Waals surface area contributed by atoms with Crippen LogP contribution in [0.1, 0.15) is 419 Å². The highest BCUT2D eigenvalue weighted by atomic mass is 31.2. The van der Waals surface area contributed by atoms with E-state index in [1.54, 1.807) is 0 Å². The molecule has 0 aromatic carbocycles. The Kier molecular flexibility index (Phi) is 87.6. The number of phosphoric ester groups is 2. The van der Waals surface area contributed by atoms with Crippen LogP contribution < -0.4 is 0 Å². The average Bonchev–Trinajstić information content (AvgIpc) is 0.900. The van der Waals surface area contributed by atoms with Gasteiger partial charge in [-0.1, -0.05) is 398 Å². The van der Waals surface area contributed by atoms with Gasteiger partial charge in [0.1, 0.15) is 25.4 Å². The number of hydrogen-bond donors (Lipinski definition) is 4. The van der Waals surface area contributed by atoms with Crippen LogP contribution in [0.5, 0.6) is 0 Å². The van der Waals surface area contributed by atoms with Crippen LogP contribution in [0.15, 0.2) is 134 Å². The molecule has 4 N–H and O–H groups in total. The first-order valence-electron chi connectivity index (χ1n) is 47.5. The molecule has 18 heteroatoms. The highest BCUT2D eigenvalue weighted by Crippen LogP contribution is 2.45. The van der Waals surface area contributed by atoms with Crippen molar-refractivity contribution in [1.82, 2.24) is 0 Å². The minimum absolute atomic E-state index is 0.0892. The highest BCUT2D eigenvalue weighted by Gasteiger charge is 2.30. The van der Waals surface area contributed by atoms with Crippen LogP contribution in [0.2, 0.25) is 0 Å². The third kappa shape index (κ3) is 92.3. The SMILES string of the molecule is CC/C=C\C/C=C\C/C=C\C/C=C\C/C=C\CCCCCCCCCCCCCCCCCCCCCC(=O)OCC(O)COP(=O)(O)OCC(O)COP(=O)(O)OCC(COC(=O)CCCCCCCCCCCCCCCCCCC/C=C\C/C=C\C/C=C\C/C=C\CCCCC)OC(=O)CCCCCCC/C=C\C/C=C\CCC. The van der Waals surface area contributed by atoms with Crippen LogP contribution >= 0.6 is 15.6 Å². The van der Waals surface area contributed by atoms with E-state index in [9.17, 15) is 43.5 Å². The number of esters is 3. The molecule has 0 heterocycles. The van der Waals surface area contributed by atoms with Gasteiger partial charge >= 0.3 is 33.6 Å². The zero-order chi connectivity index (χ0) is 85.1. The molecule has 0 amide bonds. The summed E-state index contributed by atoms with van der Waals surface area (Å²) in [6.45, 7) is 2.52. The number of aliphatic hydroxyl groups is 2.